The van der Waals surface area contributed by atoms with E-state index in [1.165, 1.54) is 0 Å². The lowest BCUT2D eigenvalue weighted by Crippen LogP contribution is -2.48. The number of carbonyl (C=O) groups excluding carboxylic acids is 3. The molecule has 5 aromatic rings. The highest BCUT2D eigenvalue weighted by molar-refractivity contribution is 6.00. The molecule has 0 spiro atoms. The van der Waals surface area contributed by atoms with E-state index in [1.807, 2.05) is 36.9 Å². The third-order valence-corrected chi connectivity index (χ3v) is 9.94. The number of ether oxygens (including phenoxy) is 1. The fourth-order valence-electron chi connectivity index (χ4n) is 7.22. The van der Waals surface area contributed by atoms with Crippen LogP contribution in [0.2, 0.25) is 0 Å². The Hall–Kier alpha value is -5.90. The summed E-state index contributed by atoms with van der Waals surface area (Å²) in [5.74, 6) is 0.977. The number of nitrogens with one attached hydrogen (secondary N) is 3. The van der Waals surface area contributed by atoms with E-state index in [0.717, 1.165) is 66.1 Å². The molecule has 4 amide bonds. The first-order chi connectivity index (χ1) is 25.8. The lowest BCUT2D eigenvalue weighted by molar-refractivity contribution is -0.131. The Morgan fingerprint density at radius 1 is 1.02 bits per heavy atom. The number of rotatable bonds is 10. The summed E-state index contributed by atoms with van der Waals surface area (Å²) in [6.45, 7) is 7.84. The molecule has 7 heterocycles. The molecular formula is C37H41N11O5. The second-order valence-electron chi connectivity index (χ2n) is 13.7. The minimum absolute atomic E-state index is 0.0184. The molecule has 0 aliphatic carbocycles. The molecule has 1 unspecified atom stereocenters. The highest BCUT2D eigenvalue weighted by Gasteiger charge is 2.27. The summed E-state index contributed by atoms with van der Waals surface area (Å²) >= 11 is 0. The number of aromatic nitrogens is 6. The summed E-state index contributed by atoms with van der Waals surface area (Å²) in [7, 11) is 0. The molecule has 0 saturated carbocycles. The van der Waals surface area contributed by atoms with Gasteiger partial charge in [0.05, 0.1) is 35.2 Å². The molecule has 2 saturated heterocycles. The van der Waals surface area contributed by atoms with Gasteiger partial charge in [0.2, 0.25) is 17.6 Å². The second kappa shape index (κ2) is 14.6. The Morgan fingerprint density at radius 2 is 1.89 bits per heavy atom. The first-order valence-electron chi connectivity index (χ1n) is 18.1. The van der Waals surface area contributed by atoms with E-state index in [4.69, 9.17) is 9.26 Å². The summed E-state index contributed by atoms with van der Waals surface area (Å²) in [5.41, 5.74) is 7.48. The van der Waals surface area contributed by atoms with Gasteiger partial charge in [-0.3, -0.25) is 14.6 Å². The molecule has 0 bridgehead atoms. The Morgan fingerprint density at radius 3 is 2.70 bits per heavy atom. The number of anilines is 3. The molecule has 1 atom stereocenters. The van der Waals surface area contributed by atoms with Crippen LogP contribution in [0.15, 0.2) is 47.2 Å². The first-order valence-corrected chi connectivity index (χ1v) is 18.1. The van der Waals surface area contributed by atoms with Gasteiger partial charge in [-0.2, -0.15) is 10.1 Å². The van der Waals surface area contributed by atoms with Crippen LogP contribution in [-0.2, 0) is 22.5 Å². The molecule has 3 N–H and O–H groups in total. The summed E-state index contributed by atoms with van der Waals surface area (Å²) in [5, 5.41) is 17.3. The van der Waals surface area contributed by atoms with Crippen molar-refractivity contribution in [1.82, 2.24) is 39.9 Å². The predicted molar refractivity (Wildman–Crippen MR) is 195 cm³/mol. The molecule has 3 aliphatic heterocycles. The van der Waals surface area contributed by atoms with Gasteiger partial charge in [-0.1, -0.05) is 5.16 Å². The standard InChI is InChI=1S/C37H41N11O5/c1-22-16-25(41-37(51)42-28-21-38-30-17-23(2)44-48(30)34(28)29-6-5-15-52-29)20-39-33(22)35-43-31(53-45-35)7-3-4-8-32(49)47-13-11-46(12-14-47)26-9-10-27-24(18-26)19-40-36(27)50/h9-10,16-18,20-21,29H,3-8,11-15,19H2,1-2H3,(H,40,50)(H2,41,42,51). The van der Waals surface area contributed by atoms with Crippen molar-refractivity contribution in [3.05, 3.63) is 76.7 Å². The molecule has 0 radical (unpaired) electrons. The predicted octanol–water partition coefficient (Wildman–Crippen LogP) is 4.59. The van der Waals surface area contributed by atoms with E-state index < -0.39 is 6.03 Å². The molecule has 16 heteroatoms. The molecule has 53 heavy (non-hydrogen) atoms. The molecule has 274 valence electrons. The fraction of sp³-hybridized carbons (Fsp3) is 0.405. The molecule has 16 nitrogen and oxygen atoms in total. The summed E-state index contributed by atoms with van der Waals surface area (Å²) in [4.78, 5) is 55.6. The third-order valence-electron chi connectivity index (χ3n) is 9.94. The molecular weight excluding hydrogens is 678 g/mol. The van der Waals surface area contributed by atoms with Crippen molar-refractivity contribution in [2.75, 3.05) is 48.3 Å². The van der Waals surface area contributed by atoms with Crippen LogP contribution >= 0.6 is 0 Å². The number of nitrogens with zero attached hydrogens (tertiary/aromatic N) is 8. The number of amides is 4. The van der Waals surface area contributed by atoms with Crippen LogP contribution in [0.5, 0.6) is 0 Å². The SMILES string of the molecule is Cc1cc2ncc(NC(=O)Nc3cnc(-c4noc(CCCCC(=O)N5CCN(c6ccc7c(c6)CNC7=O)CC5)n4)c(C)c3)c(C3CCCO3)n2n1. The highest BCUT2D eigenvalue weighted by atomic mass is 16.5. The zero-order chi connectivity index (χ0) is 36.5. The smallest absolute Gasteiger partial charge is 0.323 e. The van der Waals surface area contributed by atoms with Crippen LogP contribution in [0.1, 0.15) is 77.0 Å². The van der Waals surface area contributed by atoms with Gasteiger partial charge < -0.3 is 35.0 Å². The van der Waals surface area contributed by atoms with Crippen molar-refractivity contribution in [3.63, 3.8) is 0 Å². The van der Waals surface area contributed by atoms with Gasteiger partial charge in [0.15, 0.2) is 5.65 Å². The molecule has 3 aliphatic rings. The minimum atomic E-state index is -0.446. The van der Waals surface area contributed by atoms with E-state index in [0.29, 0.717) is 79.9 Å². The van der Waals surface area contributed by atoms with Crippen molar-refractivity contribution in [3.8, 4) is 11.5 Å². The van der Waals surface area contributed by atoms with E-state index >= 15 is 0 Å². The average molecular weight is 720 g/mol. The summed E-state index contributed by atoms with van der Waals surface area (Å²) in [6.07, 6.45) is 7.21. The topological polar surface area (TPSA) is 185 Å². The quantitative estimate of drug-likeness (QED) is 0.172. The van der Waals surface area contributed by atoms with Crippen molar-refractivity contribution in [2.24, 2.45) is 0 Å². The number of piperazine rings is 1. The Kier molecular flexibility index (Phi) is 9.43. The summed E-state index contributed by atoms with van der Waals surface area (Å²) < 4.78 is 13.2. The number of aryl methyl sites for hydroxylation is 3. The number of hydrogen-bond donors (Lipinski definition) is 3. The number of hydrogen-bond acceptors (Lipinski definition) is 11. The van der Waals surface area contributed by atoms with Crippen molar-refractivity contribution < 1.29 is 23.6 Å². The number of urea groups is 1. The van der Waals surface area contributed by atoms with Gasteiger partial charge >= 0.3 is 6.03 Å². The number of carbonyl (C=O) groups is 3. The van der Waals surface area contributed by atoms with Gasteiger partial charge in [-0.05, 0) is 74.9 Å². The van der Waals surface area contributed by atoms with E-state index in [9.17, 15) is 14.4 Å². The Balaban J connectivity index is 0.803. The van der Waals surface area contributed by atoms with Crippen LogP contribution in [0.3, 0.4) is 0 Å². The Labute approximate surface area is 305 Å². The maximum absolute atomic E-state index is 13.1. The van der Waals surface area contributed by atoms with Gasteiger partial charge in [-0.15, -0.1) is 0 Å². The summed E-state index contributed by atoms with van der Waals surface area (Å²) in [6, 6.07) is 9.19. The zero-order valence-corrected chi connectivity index (χ0v) is 29.7. The van der Waals surface area contributed by atoms with Crippen LogP contribution < -0.4 is 20.9 Å². The van der Waals surface area contributed by atoms with Gasteiger partial charge in [0, 0.05) is 69.5 Å². The normalized spacial score (nSPS) is 16.9. The van der Waals surface area contributed by atoms with Crippen molar-refractivity contribution >= 4 is 40.6 Å². The van der Waals surface area contributed by atoms with Crippen molar-refractivity contribution in [1.29, 1.82) is 0 Å². The molecule has 1 aromatic carbocycles. The molecule has 8 rings (SSSR count). The highest BCUT2D eigenvalue weighted by Crippen LogP contribution is 2.34. The van der Waals surface area contributed by atoms with Crippen LogP contribution in [0.25, 0.3) is 17.2 Å². The minimum Gasteiger partial charge on any atom is -0.372 e. The fourth-order valence-corrected chi connectivity index (χ4v) is 7.22. The van der Waals surface area contributed by atoms with E-state index in [1.54, 1.807) is 23.0 Å². The van der Waals surface area contributed by atoms with Crippen LogP contribution in [0, 0.1) is 13.8 Å². The number of benzene rings is 1. The largest absolute Gasteiger partial charge is 0.372 e. The van der Waals surface area contributed by atoms with Crippen molar-refractivity contribution in [2.45, 2.75) is 65.0 Å². The molecule has 2 fully saturated rings. The lowest BCUT2D eigenvalue weighted by Gasteiger charge is -2.36. The number of fused-ring (bicyclic) bond motifs is 2. The number of unbranched alkanes of at least 4 members (excludes halogenated alkanes) is 1. The monoisotopic (exact) mass is 719 g/mol. The van der Waals surface area contributed by atoms with Gasteiger partial charge in [-0.25, -0.2) is 14.3 Å². The second-order valence-corrected chi connectivity index (χ2v) is 13.7. The first kappa shape index (κ1) is 34.2. The van der Waals surface area contributed by atoms with Gasteiger partial charge in [0.25, 0.3) is 5.91 Å². The maximum Gasteiger partial charge on any atom is 0.323 e. The lowest BCUT2D eigenvalue weighted by atomic mass is 10.1. The van der Waals surface area contributed by atoms with Crippen LogP contribution in [-0.4, -0.2) is 85.3 Å². The average Bonchev–Trinajstić information content (AvgIpc) is 3.98. The van der Waals surface area contributed by atoms with E-state index in [-0.39, 0.29) is 17.9 Å². The Bertz CT molecular complexity index is 2180. The third kappa shape index (κ3) is 7.26. The van der Waals surface area contributed by atoms with Crippen LogP contribution in [0.4, 0.5) is 21.9 Å². The molecule has 4 aromatic heterocycles. The van der Waals surface area contributed by atoms with E-state index in [2.05, 4.69) is 52.1 Å². The zero-order valence-electron chi connectivity index (χ0n) is 29.7. The maximum atomic E-state index is 13.1. The number of pyridine rings is 1. The van der Waals surface area contributed by atoms with Gasteiger partial charge in [0.1, 0.15) is 11.8 Å².